The molecule has 0 aliphatic rings. The van der Waals surface area contributed by atoms with Gasteiger partial charge in [-0.05, 0) is 56.5 Å². The lowest BCUT2D eigenvalue weighted by Crippen LogP contribution is -2.44. The highest BCUT2D eigenvalue weighted by atomic mass is 32.2. The molecule has 0 bridgehead atoms. The number of carbonyl (C=O) groups excluding carboxylic acids is 1. The Morgan fingerprint density at radius 1 is 1.00 bits per heavy atom. The normalized spacial score (nSPS) is 12.3. The van der Waals surface area contributed by atoms with Crippen molar-refractivity contribution >= 4 is 15.9 Å². The summed E-state index contributed by atoms with van der Waals surface area (Å²) in [6, 6.07) is 7.99. The first-order chi connectivity index (χ1) is 13.6. The van der Waals surface area contributed by atoms with E-state index in [2.05, 4.69) is 10.0 Å². The van der Waals surface area contributed by atoms with Gasteiger partial charge in [0.15, 0.2) is 11.5 Å². The van der Waals surface area contributed by atoms with Crippen LogP contribution in [0, 0.1) is 20.8 Å². The second-order valence-electron chi connectivity index (χ2n) is 6.98. The Morgan fingerprint density at radius 2 is 1.59 bits per heavy atom. The molecule has 0 heterocycles. The van der Waals surface area contributed by atoms with Crippen molar-refractivity contribution in [2.24, 2.45) is 0 Å². The molecule has 2 rings (SSSR count). The molecule has 0 radical (unpaired) electrons. The molecule has 2 aromatic carbocycles. The molecule has 0 saturated carbocycles. The summed E-state index contributed by atoms with van der Waals surface area (Å²) in [5.41, 5.74) is 3.08. The SMILES string of the molecule is COc1ccc(CNC(=O)C(C)NS(=O)(=O)c2c(C)cc(C)cc2C)cc1OC. The Balaban J connectivity index is 2.07. The van der Waals surface area contributed by atoms with Gasteiger partial charge in [-0.15, -0.1) is 0 Å². The molecule has 8 heteroatoms. The average Bonchev–Trinajstić information content (AvgIpc) is 2.64. The van der Waals surface area contributed by atoms with Crippen LogP contribution in [0.2, 0.25) is 0 Å². The Morgan fingerprint density at radius 3 is 2.14 bits per heavy atom. The first-order valence-electron chi connectivity index (χ1n) is 9.17. The third kappa shape index (κ3) is 5.48. The number of sulfonamides is 1. The third-order valence-electron chi connectivity index (χ3n) is 4.51. The van der Waals surface area contributed by atoms with Gasteiger partial charge in [0, 0.05) is 6.54 Å². The summed E-state index contributed by atoms with van der Waals surface area (Å²) in [5.74, 6) is 0.719. The molecular weight excluding hydrogens is 392 g/mol. The van der Waals surface area contributed by atoms with E-state index in [0.717, 1.165) is 11.1 Å². The zero-order valence-electron chi connectivity index (χ0n) is 17.6. The minimum atomic E-state index is -3.83. The number of ether oxygens (including phenoxy) is 2. The van der Waals surface area contributed by atoms with E-state index in [-0.39, 0.29) is 11.4 Å². The van der Waals surface area contributed by atoms with Crippen LogP contribution >= 0.6 is 0 Å². The van der Waals surface area contributed by atoms with Gasteiger partial charge >= 0.3 is 0 Å². The number of aryl methyl sites for hydroxylation is 3. The second kappa shape index (κ2) is 9.28. The molecule has 0 aliphatic carbocycles. The fourth-order valence-electron chi connectivity index (χ4n) is 3.27. The van der Waals surface area contributed by atoms with E-state index in [9.17, 15) is 13.2 Å². The van der Waals surface area contributed by atoms with E-state index in [1.54, 1.807) is 39.2 Å². The van der Waals surface area contributed by atoms with Gasteiger partial charge in [-0.25, -0.2) is 8.42 Å². The highest BCUT2D eigenvalue weighted by molar-refractivity contribution is 7.89. The lowest BCUT2D eigenvalue weighted by Gasteiger charge is -2.17. The number of carbonyl (C=O) groups is 1. The number of nitrogens with one attached hydrogen (secondary N) is 2. The molecule has 0 fully saturated rings. The van der Waals surface area contributed by atoms with Crippen molar-refractivity contribution in [2.75, 3.05) is 14.2 Å². The van der Waals surface area contributed by atoms with Gasteiger partial charge in [-0.3, -0.25) is 4.79 Å². The molecule has 158 valence electrons. The van der Waals surface area contributed by atoms with E-state index in [1.807, 2.05) is 19.1 Å². The predicted octanol–water partition coefficient (Wildman–Crippen LogP) is 2.61. The molecule has 1 amide bonds. The van der Waals surface area contributed by atoms with Crippen LogP contribution in [0.5, 0.6) is 11.5 Å². The summed E-state index contributed by atoms with van der Waals surface area (Å²) in [5, 5.41) is 2.74. The number of hydrogen-bond acceptors (Lipinski definition) is 5. The summed E-state index contributed by atoms with van der Waals surface area (Å²) in [7, 11) is -0.753. The number of benzene rings is 2. The van der Waals surface area contributed by atoms with Crippen LogP contribution in [0.3, 0.4) is 0 Å². The predicted molar refractivity (Wildman–Crippen MR) is 112 cm³/mol. The monoisotopic (exact) mass is 420 g/mol. The average molecular weight is 421 g/mol. The van der Waals surface area contributed by atoms with Crippen molar-refractivity contribution in [1.29, 1.82) is 0 Å². The van der Waals surface area contributed by atoms with Gasteiger partial charge in [0.05, 0.1) is 25.2 Å². The van der Waals surface area contributed by atoms with E-state index >= 15 is 0 Å². The Hall–Kier alpha value is -2.58. The first kappa shape index (κ1) is 22.7. The lowest BCUT2D eigenvalue weighted by atomic mass is 10.1. The van der Waals surface area contributed by atoms with Crippen LogP contribution in [0.1, 0.15) is 29.2 Å². The highest BCUT2D eigenvalue weighted by Gasteiger charge is 2.25. The minimum absolute atomic E-state index is 0.211. The van der Waals surface area contributed by atoms with Crippen LogP contribution in [0.15, 0.2) is 35.2 Å². The van der Waals surface area contributed by atoms with Gasteiger partial charge in [0.25, 0.3) is 0 Å². The van der Waals surface area contributed by atoms with Gasteiger partial charge in [0.1, 0.15) is 0 Å². The molecule has 1 unspecified atom stereocenters. The molecule has 29 heavy (non-hydrogen) atoms. The van der Waals surface area contributed by atoms with Crippen molar-refractivity contribution < 1.29 is 22.7 Å². The van der Waals surface area contributed by atoms with E-state index in [1.165, 1.54) is 14.0 Å². The van der Waals surface area contributed by atoms with Crippen molar-refractivity contribution in [2.45, 2.75) is 45.2 Å². The maximum absolute atomic E-state index is 12.8. The summed E-state index contributed by atoms with van der Waals surface area (Å²) in [6.45, 7) is 7.15. The summed E-state index contributed by atoms with van der Waals surface area (Å²) in [6.07, 6.45) is 0. The fourth-order valence-corrected chi connectivity index (χ4v) is 4.92. The maximum Gasteiger partial charge on any atom is 0.241 e. The van der Waals surface area contributed by atoms with Crippen LogP contribution < -0.4 is 19.5 Å². The molecule has 2 N–H and O–H groups in total. The van der Waals surface area contributed by atoms with Gasteiger partial charge in [-0.1, -0.05) is 23.8 Å². The van der Waals surface area contributed by atoms with E-state index in [0.29, 0.717) is 22.6 Å². The second-order valence-corrected chi connectivity index (χ2v) is 8.63. The number of amides is 1. The van der Waals surface area contributed by atoms with Crippen molar-refractivity contribution in [1.82, 2.24) is 10.0 Å². The third-order valence-corrected chi connectivity index (χ3v) is 6.36. The Kier molecular flexibility index (Phi) is 7.26. The summed E-state index contributed by atoms with van der Waals surface area (Å²) in [4.78, 5) is 12.6. The van der Waals surface area contributed by atoms with Crippen LogP contribution in [-0.4, -0.2) is 34.6 Å². The molecule has 1 atom stereocenters. The molecular formula is C21H28N2O5S. The molecule has 0 aromatic heterocycles. The fraction of sp³-hybridized carbons (Fsp3) is 0.381. The largest absolute Gasteiger partial charge is 0.493 e. The van der Waals surface area contributed by atoms with Gasteiger partial charge in [0.2, 0.25) is 15.9 Å². The van der Waals surface area contributed by atoms with E-state index < -0.39 is 22.0 Å². The van der Waals surface area contributed by atoms with E-state index in [4.69, 9.17) is 9.47 Å². The minimum Gasteiger partial charge on any atom is -0.493 e. The summed E-state index contributed by atoms with van der Waals surface area (Å²) >= 11 is 0. The van der Waals surface area contributed by atoms with Gasteiger partial charge in [-0.2, -0.15) is 4.72 Å². The zero-order chi connectivity index (χ0) is 21.8. The smallest absolute Gasteiger partial charge is 0.241 e. The summed E-state index contributed by atoms with van der Waals surface area (Å²) < 4.78 is 38.5. The molecule has 7 nitrogen and oxygen atoms in total. The Bertz CT molecular complexity index is 979. The molecule has 0 aliphatic heterocycles. The molecule has 0 spiro atoms. The van der Waals surface area contributed by atoms with Crippen LogP contribution in [-0.2, 0) is 21.4 Å². The van der Waals surface area contributed by atoms with Crippen molar-refractivity contribution in [3.8, 4) is 11.5 Å². The lowest BCUT2D eigenvalue weighted by molar-refractivity contribution is -0.122. The number of hydrogen-bond donors (Lipinski definition) is 2. The zero-order valence-corrected chi connectivity index (χ0v) is 18.4. The van der Waals surface area contributed by atoms with Crippen LogP contribution in [0.4, 0.5) is 0 Å². The maximum atomic E-state index is 12.8. The highest BCUT2D eigenvalue weighted by Crippen LogP contribution is 2.27. The van der Waals surface area contributed by atoms with Crippen molar-refractivity contribution in [3.05, 3.63) is 52.6 Å². The molecule has 2 aromatic rings. The molecule has 0 saturated heterocycles. The number of rotatable bonds is 8. The standard InChI is InChI=1S/C21H28N2O5S/c1-13-9-14(2)20(15(3)10-13)29(25,26)23-16(4)21(24)22-12-17-7-8-18(27-5)19(11-17)28-6/h7-11,16,23H,12H2,1-6H3,(H,22,24). The van der Waals surface area contributed by atoms with Gasteiger partial charge < -0.3 is 14.8 Å². The van der Waals surface area contributed by atoms with Crippen LogP contribution in [0.25, 0.3) is 0 Å². The first-order valence-corrected chi connectivity index (χ1v) is 10.7. The van der Waals surface area contributed by atoms with Crippen molar-refractivity contribution in [3.63, 3.8) is 0 Å². The Labute approximate surface area is 172 Å². The topological polar surface area (TPSA) is 93.7 Å². The quantitative estimate of drug-likeness (QED) is 0.685. The number of methoxy groups -OCH3 is 2.